The predicted molar refractivity (Wildman–Crippen MR) is 81.7 cm³/mol. The molecule has 0 unspecified atom stereocenters. The molecule has 1 heterocycles. The minimum Gasteiger partial charge on any atom is -0.316 e. The number of amides is 1. The van der Waals surface area contributed by atoms with E-state index in [1.54, 1.807) is 6.07 Å². The van der Waals surface area contributed by atoms with Gasteiger partial charge in [-0.05, 0) is 50.1 Å². The minimum atomic E-state index is -0.838. The summed E-state index contributed by atoms with van der Waals surface area (Å²) < 4.78 is 28.8. The lowest BCUT2D eigenvalue weighted by atomic mass is 10.3. The highest BCUT2D eigenvalue weighted by atomic mass is 79.9. The van der Waals surface area contributed by atoms with Gasteiger partial charge in [-0.2, -0.15) is 0 Å². The van der Waals surface area contributed by atoms with Crippen molar-refractivity contribution in [2.45, 2.75) is 0 Å². The number of thiophene rings is 1. The number of carbonyl (C=O) groups excluding carboxylic acids is 1. The first kappa shape index (κ1) is 15.1. The fourth-order valence-corrected chi connectivity index (χ4v) is 3.63. The summed E-state index contributed by atoms with van der Waals surface area (Å²) in [6.07, 6.45) is 0. The number of carbonyl (C=O) groups is 1. The number of anilines is 1. The Bertz CT molecular complexity index is 617. The van der Waals surface area contributed by atoms with E-state index in [2.05, 4.69) is 53.1 Å². The van der Waals surface area contributed by atoms with E-state index in [0.29, 0.717) is 9.35 Å². The van der Waals surface area contributed by atoms with Crippen molar-refractivity contribution < 1.29 is 13.6 Å². The van der Waals surface area contributed by atoms with Gasteiger partial charge in [-0.1, -0.05) is 15.9 Å². The van der Waals surface area contributed by atoms with E-state index in [1.807, 2.05) is 0 Å². The molecule has 2 rings (SSSR count). The minimum absolute atomic E-state index is 0.266. The summed E-state index contributed by atoms with van der Waals surface area (Å²) >= 11 is 10.6. The molecule has 1 amide bonds. The second-order valence-electron chi connectivity index (χ2n) is 3.43. The lowest BCUT2D eigenvalue weighted by Crippen LogP contribution is -2.13. The highest BCUT2D eigenvalue weighted by Gasteiger charge is 2.17. The molecule has 8 heteroatoms. The van der Waals surface area contributed by atoms with Crippen LogP contribution in [0.1, 0.15) is 9.67 Å². The number of halogens is 5. The summed E-state index contributed by atoms with van der Waals surface area (Å²) in [4.78, 5) is 12.2. The maximum Gasteiger partial charge on any atom is 0.265 e. The molecule has 0 atom stereocenters. The van der Waals surface area contributed by atoms with Crippen molar-refractivity contribution in [3.8, 4) is 0 Å². The van der Waals surface area contributed by atoms with Gasteiger partial charge in [0.15, 0.2) is 11.6 Å². The van der Waals surface area contributed by atoms with Crippen LogP contribution in [0.2, 0.25) is 0 Å². The Morgan fingerprint density at radius 3 is 2.16 bits per heavy atom. The first-order valence-electron chi connectivity index (χ1n) is 4.79. The summed E-state index contributed by atoms with van der Waals surface area (Å²) in [6.45, 7) is 0. The third-order valence-electron chi connectivity index (χ3n) is 2.11. The zero-order valence-corrected chi connectivity index (χ0v) is 14.5. The Morgan fingerprint density at radius 1 is 1.11 bits per heavy atom. The number of hydrogen-bond acceptors (Lipinski definition) is 2. The van der Waals surface area contributed by atoms with E-state index >= 15 is 0 Å². The molecule has 19 heavy (non-hydrogen) atoms. The Morgan fingerprint density at radius 2 is 1.68 bits per heavy atom. The molecule has 0 saturated carbocycles. The average molecular weight is 476 g/mol. The highest BCUT2D eigenvalue weighted by molar-refractivity contribution is 9.13. The van der Waals surface area contributed by atoms with Gasteiger partial charge in [0.2, 0.25) is 0 Å². The zero-order valence-electron chi connectivity index (χ0n) is 8.94. The Balaban J connectivity index is 2.29. The topological polar surface area (TPSA) is 29.1 Å². The number of benzene rings is 1. The van der Waals surface area contributed by atoms with Crippen LogP contribution >= 0.6 is 59.1 Å². The quantitative estimate of drug-likeness (QED) is 0.605. The Kier molecular flexibility index (Phi) is 4.75. The van der Waals surface area contributed by atoms with Crippen molar-refractivity contribution in [3.05, 3.63) is 47.4 Å². The first-order chi connectivity index (χ1) is 8.88. The Hall–Kier alpha value is -0.310. The van der Waals surface area contributed by atoms with Gasteiger partial charge in [0, 0.05) is 8.95 Å². The van der Waals surface area contributed by atoms with Gasteiger partial charge in [-0.15, -0.1) is 11.3 Å². The maximum atomic E-state index is 13.6. The van der Waals surface area contributed by atoms with Crippen LogP contribution in [0.3, 0.4) is 0 Å². The largest absolute Gasteiger partial charge is 0.316 e. The fraction of sp³-hybridized carbons (Fsp3) is 0. The molecule has 100 valence electrons. The highest BCUT2D eigenvalue weighted by Crippen LogP contribution is 2.33. The monoisotopic (exact) mass is 473 g/mol. The molecule has 1 aromatic heterocycles. The zero-order chi connectivity index (χ0) is 14.2. The second-order valence-corrected chi connectivity index (χ2v) is 7.57. The molecule has 0 radical (unpaired) electrons. The molecule has 0 spiro atoms. The summed E-state index contributed by atoms with van der Waals surface area (Å²) in [6, 6.07) is 3.73. The molecule has 0 saturated heterocycles. The molecular weight excluding hydrogens is 472 g/mol. The molecule has 0 bridgehead atoms. The van der Waals surface area contributed by atoms with Gasteiger partial charge in [0.25, 0.3) is 5.91 Å². The van der Waals surface area contributed by atoms with E-state index in [-0.39, 0.29) is 4.47 Å². The molecule has 1 aromatic carbocycles. The SMILES string of the molecule is O=C(Nc1c(F)cc(Br)cc1F)c1cc(Br)c(Br)s1. The first-order valence-corrected chi connectivity index (χ1v) is 7.98. The Labute approximate surface area is 136 Å². The number of nitrogens with one attached hydrogen (secondary N) is 1. The lowest BCUT2D eigenvalue weighted by Gasteiger charge is -2.06. The second kappa shape index (κ2) is 5.99. The van der Waals surface area contributed by atoms with Crippen LogP contribution < -0.4 is 5.32 Å². The maximum absolute atomic E-state index is 13.6. The molecular formula is C11H4Br3F2NOS. The number of hydrogen-bond donors (Lipinski definition) is 1. The summed E-state index contributed by atoms with van der Waals surface area (Å²) in [5, 5.41) is 2.22. The van der Waals surface area contributed by atoms with Crippen LogP contribution in [-0.2, 0) is 0 Å². The fourth-order valence-electron chi connectivity index (χ4n) is 1.30. The third-order valence-corrected chi connectivity index (χ3v) is 5.83. The summed E-state index contributed by atoms with van der Waals surface area (Å²) in [5.41, 5.74) is -0.464. The molecule has 0 aliphatic rings. The van der Waals surface area contributed by atoms with Crippen molar-refractivity contribution in [2.24, 2.45) is 0 Å². The van der Waals surface area contributed by atoms with Gasteiger partial charge < -0.3 is 5.32 Å². The van der Waals surface area contributed by atoms with Crippen LogP contribution in [0.4, 0.5) is 14.5 Å². The summed E-state index contributed by atoms with van der Waals surface area (Å²) in [7, 11) is 0. The predicted octanol–water partition coefficient (Wildman–Crippen LogP) is 5.57. The van der Waals surface area contributed by atoms with Crippen molar-refractivity contribution in [1.82, 2.24) is 0 Å². The van der Waals surface area contributed by atoms with Crippen LogP contribution in [0.5, 0.6) is 0 Å². The van der Waals surface area contributed by atoms with Crippen LogP contribution in [-0.4, -0.2) is 5.91 Å². The van der Waals surface area contributed by atoms with Crippen molar-refractivity contribution in [3.63, 3.8) is 0 Å². The molecule has 1 N–H and O–H groups in total. The van der Waals surface area contributed by atoms with Crippen LogP contribution in [0.15, 0.2) is 30.9 Å². The van der Waals surface area contributed by atoms with E-state index in [9.17, 15) is 13.6 Å². The molecule has 0 aliphatic carbocycles. The van der Waals surface area contributed by atoms with Crippen molar-refractivity contribution in [1.29, 1.82) is 0 Å². The molecule has 0 fully saturated rings. The van der Waals surface area contributed by atoms with E-state index < -0.39 is 23.2 Å². The third kappa shape index (κ3) is 3.42. The molecule has 2 nitrogen and oxygen atoms in total. The van der Waals surface area contributed by atoms with Crippen LogP contribution in [0.25, 0.3) is 0 Å². The van der Waals surface area contributed by atoms with Gasteiger partial charge in [-0.25, -0.2) is 8.78 Å². The van der Waals surface area contributed by atoms with Crippen LogP contribution in [0, 0.1) is 11.6 Å². The standard InChI is InChI=1S/C11H4Br3F2NOS/c12-4-1-6(15)9(7(16)2-4)17-11(18)8-3-5(13)10(14)19-8/h1-3H,(H,17,18). The van der Waals surface area contributed by atoms with Crippen molar-refractivity contribution >= 4 is 70.7 Å². The van der Waals surface area contributed by atoms with Gasteiger partial charge in [0.1, 0.15) is 5.69 Å². The smallest absolute Gasteiger partial charge is 0.265 e. The van der Waals surface area contributed by atoms with E-state index in [1.165, 1.54) is 0 Å². The van der Waals surface area contributed by atoms with E-state index in [4.69, 9.17) is 0 Å². The number of rotatable bonds is 2. The lowest BCUT2D eigenvalue weighted by molar-refractivity contribution is 0.102. The van der Waals surface area contributed by atoms with Gasteiger partial charge in [0.05, 0.1) is 8.66 Å². The molecule has 0 aliphatic heterocycles. The van der Waals surface area contributed by atoms with E-state index in [0.717, 1.165) is 27.3 Å². The van der Waals surface area contributed by atoms with Gasteiger partial charge in [-0.3, -0.25) is 4.79 Å². The van der Waals surface area contributed by atoms with Crippen molar-refractivity contribution in [2.75, 3.05) is 5.32 Å². The van der Waals surface area contributed by atoms with Gasteiger partial charge >= 0.3 is 0 Å². The summed E-state index contributed by atoms with van der Waals surface area (Å²) in [5.74, 6) is -2.25. The molecule has 2 aromatic rings. The average Bonchev–Trinajstić information content (AvgIpc) is 2.64. The normalized spacial score (nSPS) is 10.6.